The zero-order valence-corrected chi connectivity index (χ0v) is 21.5. The summed E-state index contributed by atoms with van der Waals surface area (Å²) in [7, 11) is -3.98. The first-order valence-corrected chi connectivity index (χ1v) is 13.2. The van der Waals surface area contributed by atoms with Crippen LogP contribution >= 0.6 is 11.6 Å². The Morgan fingerprint density at radius 1 is 1.00 bits per heavy atom. The molecule has 9 nitrogen and oxygen atoms in total. The van der Waals surface area contributed by atoms with Crippen LogP contribution in [-0.4, -0.2) is 29.1 Å². The highest BCUT2D eigenvalue weighted by Gasteiger charge is 2.27. The molecule has 2 heterocycles. The monoisotopic (exact) mass is 534 g/mol. The summed E-state index contributed by atoms with van der Waals surface area (Å²) >= 11 is 6.07. The van der Waals surface area contributed by atoms with E-state index in [0.29, 0.717) is 16.7 Å². The molecule has 1 aromatic heterocycles. The number of fused-ring (bicyclic) bond motifs is 1. The summed E-state index contributed by atoms with van der Waals surface area (Å²) in [5.74, 6) is 0.0665. The van der Waals surface area contributed by atoms with Crippen LogP contribution in [0.15, 0.2) is 83.8 Å². The van der Waals surface area contributed by atoms with Gasteiger partial charge in [0, 0.05) is 23.3 Å². The van der Waals surface area contributed by atoms with Gasteiger partial charge >= 0.3 is 0 Å². The first-order valence-electron chi connectivity index (χ1n) is 11.4. The average Bonchev–Trinajstić information content (AvgIpc) is 3.26. The quantitative estimate of drug-likeness (QED) is 0.318. The fourth-order valence-corrected chi connectivity index (χ4v) is 5.00. The summed E-state index contributed by atoms with van der Waals surface area (Å²) in [6, 6.07) is 20.9. The van der Waals surface area contributed by atoms with Crippen LogP contribution in [0.4, 0.5) is 17.6 Å². The lowest BCUT2D eigenvalue weighted by molar-refractivity contribution is -0.114. The van der Waals surface area contributed by atoms with Gasteiger partial charge in [-0.15, -0.1) is 5.10 Å². The van der Waals surface area contributed by atoms with Crippen molar-refractivity contribution < 1.29 is 13.2 Å². The molecule has 0 saturated carbocycles. The highest BCUT2D eigenvalue weighted by Crippen LogP contribution is 2.34. The van der Waals surface area contributed by atoms with Gasteiger partial charge in [-0.05, 0) is 60.5 Å². The topological polar surface area (TPSA) is 118 Å². The van der Waals surface area contributed by atoms with Crippen molar-refractivity contribution in [2.45, 2.75) is 24.8 Å². The number of aryl methyl sites for hydroxylation is 1. The standard InChI is InChI=1S/C26H23ClN6O3S/c1-16-3-5-19(6-4-16)24-15-23(18-7-9-20(27)10-8-18)29-26-30-25(31-33(24)26)32-37(35,36)22-13-11-21(12-14-22)28-17(2)34/h3-15,24H,1-2H3,(H,28,34)(H2,29,30,31,32)/t24-/m0/s1. The summed E-state index contributed by atoms with van der Waals surface area (Å²) in [5, 5.41) is 11.0. The number of halogens is 1. The molecule has 3 aromatic carbocycles. The number of sulfonamides is 1. The van der Waals surface area contributed by atoms with Crippen molar-refractivity contribution in [3.8, 4) is 0 Å². The van der Waals surface area contributed by atoms with Crippen LogP contribution < -0.4 is 15.4 Å². The van der Waals surface area contributed by atoms with Gasteiger partial charge in [0.15, 0.2) is 0 Å². The van der Waals surface area contributed by atoms with E-state index in [1.807, 2.05) is 49.4 Å². The molecule has 0 unspecified atom stereocenters. The number of hydrogen-bond donors (Lipinski definition) is 3. The van der Waals surface area contributed by atoms with E-state index < -0.39 is 10.0 Å². The number of carbonyl (C=O) groups is 1. The molecule has 0 bridgehead atoms. The Bertz CT molecular complexity index is 1600. The van der Waals surface area contributed by atoms with Gasteiger partial charge in [-0.3, -0.25) is 4.79 Å². The van der Waals surface area contributed by atoms with E-state index in [9.17, 15) is 13.2 Å². The van der Waals surface area contributed by atoms with Crippen molar-refractivity contribution >= 4 is 50.8 Å². The molecule has 0 aliphatic carbocycles. The SMILES string of the molecule is CC(=O)Nc1ccc(S(=O)(=O)Nc2nc3n(n2)[C@H](c2ccc(C)cc2)C=C(c2ccc(Cl)cc2)N3)cc1. The number of aromatic nitrogens is 3. The number of benzene rings is 3. The van der Waals surface area contributed by atoms with E-state index in [1.165, 1.54) is 31.2 Å². The third-order valence-corrected chi connectivity index (χ3v) is 7.35. The Morgan fingerprint density at radius 2 is 1.68 bits per heavy atom. The van der Waals surface area contributed by atoms with Crippen molar-refractivity contribution in [1.29, 1.82) is 0 Å². The molecule has 4 aromatic rings. The van der Waals surface area contributed by atoms with Gasteiger partial charge in [-0.1, -0.05) is 53.6 Å². The van der Waals surface area contributed by atoms with E-state index in [4.69, 9.17) is 11.6 Å². The van der Waals surface area contributed by atoms with Crippen LogP contribution in [0.5, 0.6) is 0 Å². The van der Waals surface area contributed by atoms with Gasteiger partial charge in [0.2, 0.25) is 11.9 Å². The van der Waals surface area contributed by atoms with E-state index >= 15 is 0 Å². The van der Waals surface area contributed by atoms with E-state index in [0.717, 1.165) is 22.4 Å². The number of hydrogen-bond acceptors (Lipinski definition) is 6. The number of amides is 1. The molecule has 1 aliphatic heterocycles. The normalized spacial score (nSPS) is 14.8. The molecule has 3 N–H and O–H groups in total. The number of nitrogens with zero attached hydrogens (tertiary/aromatic N) is 3. The lowest BCUT2D eigenvalue weighted by Gasteiger charge is -2.24. The smallest absolute Gasteiger partial charge is 0.264 e. The number of carbonyl (C=O) groups excluding carboxylic acids is 1. The summed E-state index contributed by atoms with van der Waals surface area (Å²) in [6.45, 7) is 3.39. The Hall–Kier alpha value is -4.15. The number of rotatable bonds is 6. The van der Waals surface area contributed by atoms with Crippen molar-refractivity contribution in [2.75, 3.05) is 15.4 Å². The maximum absolute atomic E-state index is 13.0. The molecule has 0 spiro atoms. The third kappa shape index (κ3) is 5.35. The maximum Gasteiger partial charge on any atom is 0.264 e. The summed E-state index contributed by atoms with van der Waals surface area (Å²) < 4.78 is 30.1. The lowest BCUT2D eigenvalue weighted by Crippen LogP contribution is -2.20. The molecule has 37 heavy (non-hydrogen) atoms. The van der Waals surface area contributed by atoms with E-state index in [2.05, 4.69) is 25.4 Å². The fraction of sp³-hybridized carbons (Fsp3) is 0.115. The van der Waals surface area contributed by atoms with E-state index in [-0.39, 0.29) is 22.8 Å². The zero-order chi connectivity index (χ0) is 26.2. The molecule has 5 rings (SSSR count). The highest BCUT2D eigenvalue weighted by molar-refractivity contribution is 7.92. The van der Waals surface area contributed by atoms with Crippen molar-refractivity contribution in [1.82, 2.24) is 14.8 Å². The predicted octanol–water partition coefficient (Wildman–Crippen LogP) is 5.06. The molecular formula is C26H23ClN6O3S. The largest absolute Gasteiger partial charge is 0.326 e. The first-order chi connectivity index (χ1) is 17.7. The summed E-state index contributed by atoms with van der Waals surface area (Å²) in [5.41, 5.74) is 4.28. The van der Waals surface area contributed by atoms with Gasteiger partial charge in [-0.25, -0.2) is 17.8 Å². The average molecular weight is 535 g/mol. The zero-order valence-electron chi connectivity index (χ0n) is 19.9. The third-order valence-electron chi connectivity index (χ3n) is 5.75. The van der Waals surface area contributed by atoms with Crippen LogP contribution in [0.25, 0.3) is 5.70 Å². The molecule has 1 aliphatic rings. The van der Waals surface area contributed by atoms with Crippen LogP contribution in [0.3, 0.4) is 0 Å². The molecule has 0 fully saturated rings. The number of nitrogens with one attached hydrogen (secondary N) is 3. The van der Waals surface area contributed by atoms with Gasteiger partial charge in [0.05, 0.1) is 4.90 Å². The fourth-order valence-electron chi connectivity index (χ4n) is 3.93. The lowest BCUT2D eigenvalue weighted by atomic mass is 10.0. The second-order valence-corrected chi connectivity index (χ2v) is 10.7. The van der Waals surface area contributed by atoms with Crippen molar-refractivity contribution in [3.05, 3.63) is 101 Å². The van der Waals surface area contributed by atoms with Crippen LogP contribution in [0.2, 0.25) is 5.02 Å². The Labute approximate surface area is 219 Å². The minimum Gasteiger partial charge on any atom is -0.326 e. The predicted molar refractivity (Wildman–Crippen MR) is 144 cm³/mol. The molecule has 1 amide bonds. The van der Waals surface area contributed by atoms with Crippen molar-refractivity contribution in [2.24, 2.45) is 0 Å². The molecule has 0 saturated heterocycles. The second kappa shape index (κ2) is 9.72. The minimum absolute atomic E-state index is 0.0115. The van der Waals surface area contributed by atoms with Crippen LogP contribution in [0.1, 0.15) is 29.7 Å². The van der Waals surface area contributed by atoms with Crippen molar-refractivity contribution in [3.63, 3.8) is 0 Å². The Morgan fingerprint density at radius 3 is 2.32 bits per heavy atom. The maximum atomic E-state index is 13.0. The van der Waals surface area contributed by atoms with Gasteiger partial charge in [0.25, 0.3) is 16.0 Å². The first kappa shape index (κ1) is 24.5. The minimum atomic E-state index is -3.98. The van der Waals surface area contributed by atoms with E-state index in [1.54, 1.807) is 16.8 Å². The molecular weight excluding hydrogens is 512 g/mol. The van der Waals surface area contributed by atoms with Gasteiger partial charge in [0.1, 0.15) is 6.04 Å². The number of allylic oxidation sites excluding steroid dienone is 1. The summed E-state index contributed by atoms with van der Waals surface area (Å²) in [4.78, 5) is 15.7. The molecule has 0 radical (unpaired) electrons. The second-order valence-electron chi connectivity index (χ2n) is 8.58. The highest BCUT2D eigenvalue weighted by atomic mass is 35.5. The Kier molecular flexibility index (Phi) is 6.45. The Balaban J connectivity index is 1.47. The van der Waals surface area contributed by atoms with Crippen LogP contribution in [-0.2, 0) is 14.8 Å². The van der Waals surface area contributed by atoms with Crippen LogP contribution in [0, 0.1) is 6.92 Å². The number of anilines is 3. The molecule has 188 valence electrons. The summed E-state index contributed by atoms with van der Waals surface area (Å²) in [6.07, 6.45) is 2.01. The molecule has 11 heteroatoms. The molecule has 1 atom stereocenters. The van der Waals surface area contributed by atoms with Gasteiger partial charge < -0.3 is 10.6 Å². The van der Waals surface area contributed by atoms with Gasteiger partial charge in [-0.2, -0.15) is 4.98 Å².